The van der Waals surface area contributed by atoms with Crippen molar-refractivity contribution in [1.82, 2.24) is 0 Å². The molecule has 0 amide bonds. The van der Waals surface area contributed by atoms with Crippen molar-refractivity contribution in [2.24, 2.45) is 0 Å². The van der Waals surface area contributed by atoms with Crippen molar-refractivity contribution in [3.8, 4) is 0 Å². The Morgan fingerprint density at radius 3 is 2.60 bits per heavy atom. The molecule has 54 valence electrons. The minimum Gasteiger partial charge on any atom is -0.373 e. The Bertz CT molecular complexity index is 225. The van der Waals surface area contributed by atoms with Crippen LogP contribution < -0.4 is 0 Å². The van der Waals surface area contributed by atoms with E-state index in [2.05, 4.69) is 0 Å². The van der Waals surface area contributed by atoms with E-state index in [0.29, 0.717) is 5.56 Å². The third kappa shape index (κ3) is 1.69. The van der Waals surface area contributed by atoms with Crippen LogP contribution in [0.3, 0.4) is 0 Å². The third-order valence-electron chi connectivity index (χ3n) is 1.12. The van der Waals surface area contributed by atoms with Gasteiger partial charge in [-0.05, 0) is 17.7 Å². The zero-order chi connectivity index (χ0) is 7.56. The summed E-state index contributed by atoms with van der Waals surface area (Å²) in [5, 5.41) is 8.75. The average molecular weight is 161 g/mol. The summed E-state index contributed by atoms with van der Waals surface area (Å²) in [5.74, 6) is -0.391. The Morgan fingerprint density at radius 2 is 2.20 bits per heavy atom. The maximum Gasteiger partial charge on any atom is 0.153 e. The van der Waals surface area contributed by atoms with Crippen LogP contribution in [0.2, 0.25) is 0 Å². The lowest BCUT2D eigenvalue weighted by Crippen LogP contribution is -1.87. The van der Waals surface area contributed by atoms with Gasteiger partial charge in [-0.3, -0.25) is 0 Å². The molecule has 0 aromatic heterocycles. The molecule has 0 saturated carbocycles. The first-order valence-electron chi connectivity index (χ1n) is 2.78. The first-order valence-corrected chi connectivity index (χ1v) is 3.21. The number of halogens is 2. The molecule has 0 aliphatic rings. The van der Waals surface area contributed by atoms with Gasteiger partial charge in [0.2, 0.25) is 0 Å². The number of aliphatic hydroxyl groups is 1. The second-order valence-corrected chi connectivity index (χ2v) is 2.30. The molecular formula is C7H6ClFO. The first kappa shape index (κ1) is 7.51. The standard InChI is InChI=1S/C7H6ClFO/c8-7(10)5-2-1-3-6(9)4-5/h1-4,7,10H. The van der Waals surface area contributed by atoms with Crippen LogP contribution in [0.1, 0.15) is 11.1 Å². The quantitative estimate of drug-likeness (QED) is 0.624. The van der Waals surface area contributed by atoms with Crippen LogP contribution in [0, 0.1) is 5.82 Å². The highest BCUT2D eigenvalue weighted by molar-refractivity contribution is 6.19. The Morgan fingerprint density at radius 1 is 1.50 bits per heavy atom. The number of rotatable bonds is 1. The zero-order valence-electron chi connectivity index (χ0n) is 5.09. The van der Waals surface area contributed by atoms with Crippen molar-refractivity contribution < 1.29 is 9.50 Å². The Labute approximate surface area is 63.1 Å². The molecule has 1 unspecified atom stereocenters. The Balaban J connectivity index is 2.96. The van der Waals surface area contributed by atoms with E-state index < -0.39 is 11.4 Å². The molecule has 0 radical (unpaired) electrons. The molecule has 0 fully saturated rings. The molecule has 1 N–H and O–H groups in total. The van der Waals surface area contributed by atoms with Crippen molar-refractivity contribution in [3.63, 3.8) is 0 Å². The maximum absolute atomic E-state index is 12.4. The van der Waals surface area contributed by atoms with Gasteiger partial charge in [0.1, 0.15) is 5.82 Å². The van der Waals surface area contributed by atoms with E-state index >= 15 is 0 Å². The minimum absolute atomic E-state index is 0.377. The van der Waals surface area contributed by atoms with Crippen LogP contribution in [0.5, 0.6) is 0 Å². The zero-order valence-corrected chi connectivity index (χ0v) is 5.85. The molecule has 0 heterocycles. The van der Waals surface area contributed by atoms with Crippen LogP contribution in [-0.4, -0.2) is 5.11 Å². The minimum atomic E-state index is -1.12. The lowest BCUT2D eigenvalue weighted by atomic mass is 10.2. The van der Waals surface area contributed by atoms with Gasteiger partial charge in [0.25, 0.3) is 0 Å². The first-order chi connectivity index (χ1) is 4.70. The smallest absolute Gasteiger partial charge is 0.153 e. The highest BCUT2D eigenvalue weighted by Gasteiger charge is 2.01. The Kier molecular flexibility index (Phi) is 2.25. The van der Waals surface area contributed by atoms with Crippen molar-refractivity contribution in [1.29, 1.82) is 0 Å². The number of hydrogen-bond acceptors (Lipinski definition) is 1. The molecule has 0 bridgehead atoms. The van der Waals surface area contributed by atoms with Gasteiger partial charge in [-0.1, -0.05) is 23.7 Å². The van der Waals surface area contributed by atoms with Gasteiger partial charge in [-0.2, -0.15) is 0 Å². The molecule has 0 aliphatic heterocycles. The number of benzene rings is 1. The van der Waals surface area contributed by atoms with Gasteiger partial charge in [0.15, 0.2) is 5.56 Å². The SMILES string of the molecule is OC(Cl)c1cccc(F)c1. The number of alkyl halides is 1. The van der Waals surface area contributed by atoms with Crippen molar-refractivity contribution in [3.05, 3.63) is 35.6 Å². The second-order valence-electron chi connectivity index (χ2n) is 1.89. The van der Waals surface area contributed by atoms with E-state index in [1.54, 1.807) is 6.07 Å². The van der Waals surface area contributed by atoms with E-state index in [1.807, 2.05) is 0 Å². The van der Waals surface area contributed by atoms with E-state index in [4.69, 9.17) is 16.7 Å². The van der Waals surface area contributed by atoms with Crippen molar-refractivity contribution >= 4 is 11.6 Å². The van der Waals surface area contributed by atoms with Crippen LogP contribution in [0.25, 0.3) is 0 Å². The monoisotopic (exact) mass is 160 g/mol. The molecule has 0 saturated heterocycles. The van der Waals surface area contributed by atoms with Gasteiger partial charge < -0.3 is 5.11 Å². The van der Waals surface area contributed by atoms with Gasteiger partial charge in [0, 0.05) is 0 Å². The van der Waals surface area contributed by atoms with Gasteiger partial charge in [-0.15, -0.1) is 0 Å². The fourth-order valence-electron chi connectivity index (χ4n) is 0.655. The normalized spacial score (nSPS) is 13.1. The predicted molar refractivity (Wildman–Crippen MR) is 37.2 cm³/mol. The van der Waals surface area contributed by atoms with Crippen LogP contribution in [0.4, 0.5) is 4.39 Å². The van der Waals surface area contributed by atoms with Crippen LogP contribution in [-0.2, 0) is 0 Å². The summed E-state index contributed by atoms with van der Waals surface area (Å²) in [5.41, 5.74) is -0.739. The summed E-state index contributed by atoms with van der Waals surface area (Å²) in [6.45, 7) is 0. The highest BCUT2D eigenvalue weighted by atomic mass is 35.5. The summed E-state index contributed by atoms with van der Waals surface area (Å²) >= 11 is 5.26. The molecule has 1 aromatic carbocycles. The third-order valence-corrected chi connectivity index (χ3v) is 1.38. The fourth-order valence-corrected chi connectivity index (χ4v) is 0.790. The summed E-state index contributed by atoms with van der Waals surface area (Å²) in [7, 11) is 0. The van der Waals surface area contributed by atoms with E-state index in [0.717, 1.165) is 0 Å². The van der Waals surface area contributed by atoms with Gasteiger partial charge >= 0.3 is 0 Å². The maximum atomic E-state index is 12.4. The summed E-state index contributed by atoms with van der Waals surface area (Å²) in [6, 6.07) is 5.54. The van der Waals surface area contributed by atoms with Crippen molar-refractivity contribution in [2.75, 3.05) is 0 Å². The van der Waals surface area contributed by atoms with E-state index in [1.165, 1.54) is 18.2 Å². The van der Waals surface area contributed by atoms with Gasteiger partial charge in [-0.25, -0.2) is 4.39 Å². The summed E-state index contributed by atoms with van der Waals surface area (Å²) < 4.78 is 12.4. The van der Waals surface area contributed by atoms with Crippen molar-refractivity contribution in [2.45, 2.75) is 5.56 Å². The largest absolute Gasteiger partial charge is 0.373 e. The lowest BCUT2D eigenvalue weighted by molar-refractivity contribution is 0.262. The summed E-state index contributed by atoms with van der Waals surface area (Å²) in [6.07, 6.45) is 0. The fraction of sp³-hybridized carbons (Fsp3) is 0.143. The number of hydrogen-bond donors (Lipinski definition) is 1. The molecule has 1 rings (SSSR count). The molecule has 0 aliphatic carbocycles. The summed E-state index contributed by atoms with van der Waals surface area (Å²) in [4.78, 5) is 0. The topological polar surface area (TPSA) is 20.2 Å². The molecular weight excluding hydrogens is 155 g/mol. The molecule has 0 spiro atoms. The average Bonchev–Trinajstić information content (AvgIpc) is 1.88. The van der Waals surface area contributed by atoms with Gasteiger partial charge in [0.05, 0.1) is 0 Å². The molecule has 1 nitrogen and oxygen atoms in total. The van der Waals surface area contributed by atoms with E-state index in [-0.39, 0.29) is 0 Å². The van der Waals surface area contributed by atoms with E-state index in [9.17, 15) is 4.39 Å². The predicted octanol–water partition coefficient (Wildman–Crippen LogP) is 2.06. The molecule has 3 heteroatoms. The van der Waals surface area contributed by atoms with Crippen LogP contribution >= 0.6 is 11.6 Å². The molecule has 1 atom stereocenters. The molecule has 10 heavy (non-hydrogen) atoms. The Hall–Kier alpha value is -0.600. The van der Waals surface area contributed by atoms with Crippen LogP contribution in [0.15, 0.2) is 24.3 Å². The number of aliphatic hydroxyl groups excluding tert-OH is 1. The molecule has 1 aromatic rings. The highest BCUT2D eigenvalue weighted by Crippen LogP contribution is 2.16. The second kappa shape index (κ2) is 2.99. The lowest BCUT2D eigenvalue weighted by Gasteiger charge is -2.00.